The monoisotopic (exact) mass is 602 g/mol. The van der Waals surface area contributed by atoms with E-state index in [1.165, 1.54) is 6.20 Å². The van der Waals surface area contributed by atoms with Gasteiger partial charge in [0.25, 0.3) is 5.91 Å². The van der Waals surface area contributed by atoms with Crippen LogP contribution in [0.3, 0.4) is 0 Å². The topological polar surface area (TPSA) is 168 Å². The Labute approximate surface area is 245 Å². The number of anilines is 2. The van der Waals surface area contributed by atoms with Crippen molar-refractivity contribution < 1.29 is 37.4 Å². The molecule has 1 saturated heterocycles. The summed E-state index contributed by atoms with van der Waals surface area (Å²) in [6.45, 7) is 5.22. The van der Waals surface area contributed by atoms with Gasteiger partial charge in [-0.1, -0.05) is 13.8 Å². The minimum absolute atomic E-state index is 0.00949. The molecule has 4 rings (SSSR count). The second-order valence-electron chi connectivity index (χ2n) is 9.87. The van der Waals surface area contributed by atoms with Crippen LogP contribution in [-0.2, 0) is 14.3 Å². The number of alkyl carbamates (subject to hydrolysis) is 1. The van der Waals surface area contributed by atoms with Gasteiger partial charge < -0.3 is 30.7 Å². The maximum Gasteiger partial charge on any atom is 0.414 e. The van der Waals surface area contributed by atoms with Crippen LogP contribution < -0.4 is 26.2 Å². The van der Waals surface area contributed by atoms with Crippen LogP contribution in [0.1, 0.15) is 31.3 Å². The zero-order valence-electron chi connectivity index (χ0n) is 23.7. The molecule has 3 aromatic rings. The first-order chi connectivity index (χ1) is 20.6. The van der Waals surface area contributed by atoms with Crippen LogP contribution >= 0.6 is 0 Å². The molecule has 230 valence electrons. The number of cyclic esters (lactones) is 1. The van der Waals surface area contributed by atoms with E-state index in [9.17, 15) is 28.0 Å². The van der Waals surface area contributed by atoms with Crippen molar-refractivity contribution in [3.63, 3.8) is 0 Å². The Kier molecular flexibility index (Phi) is 9.90. The van der Waals surface area contributed by atoms with Gasteiger partial charge in [-0.15, -0.1) is 0 Å². The molecule has 0 saturated carbocycles. The zero-order chi connectivity index (χ0) is 31.1. The first kappa shape index (κ1) is 30.9. The number of rotatable bonds is 12. The SMILES string of the molecule is CCOC(=O)NC[C@H]1CN(c2cc(F)c(NCCNC(=O)[C@@H](NC(=O)c3cn4cccnc4n3)C(C)C)c(F)c2)C(=O)O1. The number of nitrogens with one attached hydrogen (secondary N) is 4. The predicted molar refractivity (Wildman–Crippen MR) is 150 cm³/mol. The van der Waals surface area contributed by atoms with Gasteiger partial charge in [-0.05, 0) is 18.9 Å². The fraction of sp³-hybridized carbons (Fsp3) is 0.407. The van der Waals surface area contributed by atoms with E-state index in [4.69, 9.17) is 9.47 Å². The number of fused-ring (bicyclic) bond motifs is 1. The number of imidazole rings is 1. The standard InChI is InChI=1S/C27H32F2N8O6/c1-4-42-26(40)33-12-17-13-37(27(41)43-17)16-10-18(28)22(19(29)11-16)30-7-8-31-24(39)21(15(2)3)35-23(38)20-14-36-9-5-6-32-25(36)34-20/h5-6,9-11,14-15,17,21,30H,4,7-8,12-13H2,1-3H3,(H,31,39)(H,33,40)(H,35,38)/t17-,21-/m0/s1. The molecule has 43 heavy (non-hydrogen) atoms. The summed E-state index contributed by atoms with van der Waals surface area (Å²) in [5.41, 5.74) is -0.408. The molecule has 4 N–H and O–H groups in total. The Balaban J connectivity index is 1.28. The largest absolute Gasteiger partial charge is 0.450 e. The number of nitrogens with zero attached hydrogens (tertiary/aromatic N) is 4. The summed E-state index contributed by atoms with van der Waals surface area (Å²) >= 11 is 0. The van der Waals surface area contributed by atoms with Crippen LogP contribution in [0.4, 0.5) is 29.7 Å². The summed E-state index contributed by atoms with van der Waals surface area (Å²) in [5.74, 6) is -2.89. The Morgan fingerprint density at radius 1 is 1.16 bits per heavy atom. The van der Waals surface area contributed by atoms with E-state index in [2.05, 4.69) is 31.2 Å². The summed E-state index contributed by atoms with van der Waals surface area (Å²) in [6.07, 6.45) is 2.51. The molecule has 1 aromatic carbocycles. The van der Waals surface area contributed by atoms with Crippen LogP contribution in [0.25, 0.3) is 5.78 Å². The van der Waals surface area contributed by atoms with Gasteiger partial charge in [-0.3, -0.25) is 18.9 Å². The number of hydrogen-bond donors (Lipinski definition) is 4. The van der Waals surface area contributed by atoms with Crippen LogP contribution in [0.15, 0.2) is 36.8 Å². The molecular weight excluding hydrogens is 570 g/mol. The normalized spacial score (nSPS) is 15.3. The molecule has 16 heteroatoms. The maximum atomic E-state index is 14.8. The Morgan fingerprint density at radius 2 is 1.91 bits per heavy atom. The van der Waals surface area contributed by atoms with Crippen molar-refractivity contribution in [2.75, 3.05) is 43.0 Å². The molecule has 2 atom stereocenters. The zero-order valence-corrected chi connectivity index (χ0v) is 23.7. The highest BCUT2D eigenvalue weighted by atomic mass is 19.1. The minimum Gasteiger partial charge on any atom is -0.450 e. The smallest absolute Gasteiger partial charge is 0.414 e. The van der Waals surface area contributed by atoms with E-state index in [0.717, 1.165) is 17.0 Å². The Morgan fingerprint density at radius 3 is 2.58 bits per heavy atom. The second-order valence-corrected chi connectivity index (χ2v) is 9.87. The molecule has 0 bridgehead atoms. The lowest BCUT2D eigenvalue weighted by molar-refractivity contribution is -0.123. The number of ether oxygens (including phenoxy) is 2. The quantitative estimate of drug-likeness (QED) is 0.227. The summed E-state index contributed by atoms with van der Waals surface area (Å²) in [5, 5.41) is 10.4. The number of halogens is 2. The Bertz CT molecular complexity index is 1440. The highest BCUT2D eigenvalue weighted by molar-refractivity contribution is 5.96. The number of hydrogen-bond acceptors (Lipinski definition) is 9. The van der Waals surface area contributed by atoms with Crippen molar-refractivity contribution in [1.29, 1.82) is 0 Å². The van der Waals surface area contributed by atoms with Crippen molar-refractivity contribution in [2.24, 2.45) is 5.92 Å². The van der Waals surface area contributed by atoms with E-state index >= 15 is 0 Å². The van der Waals surface area contributed by atoms with Gasteiger partial charge in [0.2, 0.25) is 11.7 Å². The molecular formula is C27H32F2N8O6. The molecule has 1 aliphatic rings. The van der Waals surface area contributed by atoms with E-state index < -0.39 is 53.5 Å². The lowest BCUT2D eigenvalue weighted by Gasteiger charge is -2.21. The number of aromatic nitrogens is 3. The van der Waals surface area contributed by atoms with Gasteiger partial charge in [0.1, 0.15) is 23.5 Å². The summed E-state index contributed by atoms with van der Waals surface area (Å²) in [6, 6.07) is 2.75. The summed E-state index contributed by atoms with van der Waals surface area (Å²) in [7, 11) is 0. The Hall–Kier alpha value is -5.02. The molecule has 3 heterocycles. The predicted octanol–water partition coefficient (Wildman–Crippen LogP) is 2.06. The van der Waals surface area contributed by atoms with Crippen LogP contribution in [0, 0.1) is 17.6 Å². The molecule has 1 fully saturated rings. The van der Waals surface area contributed by atoms with Gasteiger partial charge >= 0.3 is 12.2 Å². The molecule has 0 spiro atoms. The third-order valence-electron chi connectivity index (χ3n) is 6.39. The van der Waals surface area contributed by atoms with E-state index in [0.29, 0.717) is 5.78 Å². The minimum atomic E-state index is -0.962. The van der Waals surface area contributed by atoms with Crippen LogP contribution in [0.5, 0.6) is 0 Å². The third-order valence-corrected chi connectivity index (χ3v) is 6.39. The van der Waals surface area contributed by atoms with E-state index in [1.54, 1.807) is 43.6 Å². The van der Waals surface area contributed by atoms with Crippen molar-refractivity contribution in [3.05, 3.63) is 54.1 Å². The molecule has 4 amide bonds. The average Bonchev–Trinajstić information content (AvgIpc) is 3.57. The summed E-state index contributed by atoms with van der Waals surface area (Å²) in [4.78, 5) is 58.5. The summed E-state index contributed by atoms with van der Waals surface area (Å²) < 4.78 is 41.1. The van der Waals surface area contributed by atoms with Gasteiger partial charge in [-0.25, -0.2) is 28.3 Å². The third kappa shape index (κ3) is 7.64. The first-order valence-corrected chi connectivity index (χ1v) is 13.6. The maximum absolute atomic E-state index is 14.8. The molecule has 0 aliphatic carbocycles. The first-order valence-electron chi connectivity index (χ1n) is 13.6. The average molecular weight is 603 g/mol. The van der Waals surface area contributed by atoms with Gasteiger partial charge in [-0.2, -0.15) is 0 Å². The highest BCUT2D eigenvalue weighted by Crippen LogP contribution is 2.28. The molecule has 0 radical (unpaired) electrons. The van der Waals surface area contributed by atoms with Crippen molar-refractivity contribution in [2.45, 2.75) is 32.9 Å². The highest BCUT2D eigenvalue weighted by Gasteiger charge is 2.33. The molecule has 2 aromatic heterocycles. The van der Waals surface area contributed by atoms with Crippen LogP contribution in [-0.4, -0.2) is 83.3 Å². The fourth-order valence-corrected chi connectivity index (χ4v) is 4.28. The molecule has 14 nitrogen and oxygen atoms in total. The van der Waals surface area contributed by atoms with Crippen molar-refractivity contribution in [1.82, 2.24) is 30.3 Å². The number of carbonyl (C=O) groups is 4. The van der Waals surface area contributed by atoms with Gasteiger partial charge in [0.05, 0.1) is 25.4 Å². The number of carbonyl (C=O) groups excluding carboxylic acids is 4. The van der Waals surface area contributed by atoms with Gasteiger partial charge in [0.15, 0.2) is 11.6 Å². The molecule has 0 unspecified atom stereocenters. The van der Waals surface area contributed by atoms with Crippen LogP contribution in [0.2, 0.25) is 0 Å². The molecule has 1 aliphatic heterocycles. The van der Waals surface area contributed by atoms with Crippen molar-refractivity contribution >= 4 is 41.2 Å². The van der Waals surface area contributed by atoms with Gasteiger partial charge in [0, 0.05) is 43.8 Å². The number of amides is 4. The lowest BCUT2D eigenvalue weighted by atomic mass is 10.0. The fourth-order valence-electron chi connectivity index (χ4n) is 4.28. The second kappa shape index (κ2) is 13.8. The van der Waals surface area contributed by atoms with E-state index in [1.807, 2.05) is 0 Å². The van der Waals surface area contributed by atoms with E-state index in [-0.39, 0.29) is 50.1 Å². The number of benzene rings is 1. The van der Waals surface area contributed by atoms with Crippen molar-refractivity contribution in [3.8, 4) is 0 Å². The lowest BCUT2D eigenvalue weighted by Crippen LogP contribution is -2.50.